The largest absolute Gasteiger partial charge is 0.497 e. The molecule has 0 aromatic heterocycles. The molecule has 0 bridgehead atoms. The number of aryl methyl sites for hydroxylation is 2. The van der Waals surface area contributed by atoms with E-state index in [-0.39, 0.29) is 5.91 Å². The minimum absolute atomic E-state index is 0.188. The summed E-state index contributed by atoms with van der Waals surface area (Å²) in [7, 11) is 1.59. The van der Waals surface area contributed by atoms with Crippen LogP contribution in [-0.2, 0) is 4.79 Å². The van der Waals surface area contributed by atoms with E-state index in [0.29, 0.717) is 24.7 Å². The van der Waals surface area contributed by atoms with Gasteiger partial charge in [-0.05, 0) is 56.2 Å². The van der Waals surface area contributed by atoms with Crippen molar-refractivity contribution in [3.63, 3.8) is 0 Å². The first-order valence-electron chi connectivity index (χ1n) is 8.28. The van der Waals surface area contributed by atoms with Crippen molar-refractivity contribution in [2.45, 2.75) is 26.9 Å². The van der Waals surface area contributed by atoms with Crippen LogP contribution in [0.1, 0.15) is 18.1 Å². The number of hydrogen-bond donors (Lipinski definition) is 1. The number of carbonyl (C=O) groups excluding carboxylic acids is 1. The smallest absolute Gasteiger partial charge is 0.260 e. The van der Waals surface area contributed by atoms with Crippen molar-refractivity contribution in [2.24, 2.45) is 0 Å². The van der Waals surface area contributed by atoms with E-state index in [1.54, 1.807) is 26.2 Å². The fraction of sp³-hybridized carbons (Fsp3) is 0.350. The fourth-order valence-electron chi connectivity index (χ4n) is 2.22. The number of carbonyl (C=O) groups is 1. The molecule has 2 aromatic carbocycles. The first kappa shape index (κ1) is 18.6. The zero-order valence-electron chi connectivity index (χ0n) is 15.2. The second kappa shape index (κ2) is 8.97. The van der Waals surface area contributed by atoms with Crippen LogP contribution >= 0.6 is 0 Å². The molecule has 2 aromatic rings. The van der Waals surface area contributed by atoms with Crippen molar-refractivity contribution in [1.82, 2.24) is 5.32 Å². The summed E-state index contributed by atoms with van der Waals surface area (Å²) < 4.78 is 16.4. The number of rotatable bonds is 8. The summed E-state index contributed by atoms with van der Waals surface area (Å²) >= 11 is 0. The number of benzene rings is 2. The molecule has 25 heavy (non-hydrogen) atoms. The second-order valence-electron chi connectivity index (χ2n) is 5.82. The Bertz CT molecular complexity index is 715. The SMILES string of the molecule is COc1cccc(O[C@@H](C)C(=O)NCCOc2ccc(C)c(C)c2)c1. The van der Waals surface area contributed by atoms with E-state index in [4.69, 9.17) is 14.2 Å². The highest BCUT2D eigenvalue weighted by atomic mass is 16.5. The van der Waals surface area contributed by atoms with E-state index in [0.717, 1.165) is 5.75 Å². The fourth-order valence-corrected chi connectivity index (χ4v) is 2.22. The maximum Gasteiger partial charge on any atom is 0.260 e. The van der Waals surface area contributed by atoms with Crippen LogP contribution < -0.4 is 19.5 Å². The van der Waals surface area contributed by atoms with E-state index in [9.17, 15) is 4.79 Å². The molecule has 1 atom stereocenters. The molecule has 1 amide bonds. The topological polar surface area (TPSA) is 56.8 Å². The normalized spacial score (nSPS) is 11.5. The maximum atomic E-state index is 12.1. The third kappa shape index (κ3) is 5.71. The van der Waals surface area contributed by atoms with Crippen LogP contribution in [-0.4, -0.2) is 32.3 Å². The van der Waals surface area contributed by atoms with Crippen LogP contribution in [0, 0.1) is 13.8 Å². The molecule has 134 valence electrons. The first-order valence-corrected chi connectivity index (χ1v) is 8.28. The van der Waals surface area contributed by atoms with Gasteiger partial charge in [0.1, 0.15) is 23.9 Å². The molecule has 0 aliphatic rings. The summed E-state index contributed by atoms with van der Waals surface area (Å²) in [6, 6.07) is 13.1. The molecule has 0 spiro atoms. The molecule has 0 saturated heterocycles. The van der Waals surface area contributed by atoms with E-state index in [1.807, 2.05) is 37.3 Å². The molecule has 2 rings (SSSR count). The van der Waals surface area contributed by atoms with E-state index < -0.39 is 6.10 Å². The zero-order chi connectivity index (χ0) is 18.2. The van der Waals surface area contributed by atoms with Gasteiger partial charge in [-0.3, -0.25) is 4.79 Å². The van der Waals surface area contributed by atoms with Crippen molar-refractivity contribution in [1.29, 1.82) is 0 Å². The van der Waals surface area contributed by atoms with Crippen LogP contribution in [0.2, 0.25) is 0 Å². The highest BCUT2D eigenvalue weighted by Gasteiger charge is 2.14. The zero-order valence-corrected chi connectivity index (χ0v) is 15.2. The first-order chi connectivity index (χ1) is 12.0. The highest BCUT2D eigenvalue weighted by molar-refractivity contribution is 5.80. The Balaban J connectivity index is 1.74. The quantitative estimate of drug-likeness (QED) is 0.748. The second-order valence-corrected chi connectivity index (χ2v) is 5.82. The standard InChI is InChI=1S/C20H25NO4/c1-14-8-9-18(12-15(14)2)24-11-10-21-20(22)16(3)25-19-7-5-6-17(13-19)23-4/h5-9,12-13,16H,10-11H2,1-4H3,(H,21,22)/t16-/m0/s1. The van der Waals surface area contributed by atoms with Crippen LogP contribution in [0.25, 0.3) is 0 Å². The number of ether oxygens (including phenoxy) is 3. The summed E-state index contributed by atoms with van der Waals surface area (Å²) in [5.41, 5.74) is 2.41. The molecule has 0 unspecified atom stereocenters. The predicted molar refractivity (Wildman–Crippen MR) is 97.5 cm³/mol. The molecule has 0 radical (unpaired) electrons. The maximum absolute atomic E-state index is 12.1. The van der Waals surface area contributed by atoms with Crippen molar-refractivity contribution in [3.05, 3.63) is 53.6 Å². The van der Waals surface area contributed by atoms with Gasteiger partial charge in [-0.1, -0.05) is 12.1 Å². The molecule has 0 fully saturated rings. The average Bonchev–Trinajstić information content (AvgIpc) is 2.61. The van der Waals surface area contributed by atoms with Gasteiger partial charge in [0.15, 0.2) is 6.10 Å². The van der Waals surface area contributed by atoms with Gasteiger partial charge >= 0.3 is 0 Å². The number of methoxy groups -OCH3 is 1. The summed E-state index contributed by atoms with van der Waals surface area (Å²) in [5.74, 6) is 1.89. The van der Waals surface area contributed by atoms with Crippen molar-refractivity contribution in [2.75, 3.05) is 20.3 Å². The van der Waals surface area contributed by atoms with Crippen LogP contribution in [0.4, 0.5) is 0 Å². The van der Waals surface area contributed by atoms with Crippen LogP contribution in [0.15, 0.2) is 42.5 Å². The Morgan fingerprint density at radius 1 is 1.04 bits per heavy atom. The Morgan fingerprint density at radius 3 is 2.52 bits per heavy atom. The molecule has 0 heterocycles. The summed E-state index contributed by atoms with van der Waals surface area (Å²) in [4.78, 5) is 12.1. The highest BCUT2D eigenvalue weighted by Crippen LogP contribution is 2.20. The van der Waals surface area contributed by atoms with Crippen molar-refractivity contribution < 1.29 is 19.0 Å². The van der Waals surface area contributed by atoms with Gasteiger partial charge in [-0.15, -0.1) is 0 Å². The Kier molecular flexibility index (Phi) is 6.69. The minimum atomic E-state index is -0.603. The van der Waals surface area contributed by atoms with Gasteiger partial charge in [0.05, 0.1) is 13.7 Å². The third-order valence-corrected chi connectivity index (χ3v) is 3.87. The van der Waals surface area contributed by atoms with Gasteiger partial charge < -0.3 is 19.5 Å². The monoisotopic (exact) mass is 343 g/mol. The molecule has 1 N–H and O–H groups in total. The van der Waals surface area contributed by atoms with Gasteiger partial charge in [0.2, 0.25) is 0 Å². The molecule has 5 heteroatoms. The molecule has 0 aliphatic carbocycles. The Labute approximate surface area is 148 Å². The van der Waals surface area contributed by atoms with Gasteiger partial charge in [-0.2, -0.15) is 0 Å². The Morgan fingerprint density at radius 2 is 1.80 bits per heavy atom. The summed E-state index contributed by atoms with van der Waals surface area (Å²) in [6.07, 6.45) is -0.603. The lowest BCUT2D eigenvalue weighted by atomic mass is 10.1. The number of hydrogen-bond acceptors (Lipinski definition) is 4. The van der Waals surface area contributed by atoms with Crippen LogP contribution in [0.3, 0.4) is 0 Å². The van der Waals surface area contributed by atoms with Gasteiger partial charge in [0.25, 0.3) is 5.91 Å². The lowest BCUT2D eigenvalue weighted by molar-refractivity contribution is -0.127. The van der Waals surface area contributed by atoms with Crippen molar-refractivity contribution in [3.8, 4) is 17.2 Å². The van der Waals surface area contributed by atoms with Gasteiger partial charge in [0, 0.05) is 6.07 Å². The molecule has 0 saturated carbocycles. The average molecular weight is 343 g/mol. The summed E-state index contributed by atoms with van der Waals surface area (Å²) in [6.45, 7) is 6.63. The molecular formula is C20H25NO4. The molecule has 5 nitrogen and oxygen atoms in total. The van der Waals surface area contributed by atoms with E-state index in [1.165, 1.54) is 11.1 Å². The van der Waals surface area contributed by atoms with E-state index in [2.05, 4.69) is 12.2 Å². The molecular weight excluding hydrogens is 318 g/mol. The predicted octanol–water partition coefficient (Wildman–Crippen LogP) is 3.27. The minimum Gasteiger partial charge on any atom is -0.497 e. The third-order valence-electron chi connectivity index (χ3n) is 3.87. The number of amides is 1. The summed E-state index contributed by atoms with van der Waals surface area (Å²) in [5, 5.41) is 2.81. The Hall–Kier alpha value is -2.69. The lowest BCUT2D eigenvalue weighted by Crippen LogP contribution is -2.38. The van der Waals surface area contributed by atoms with Crippen molar-refractivity contribution >= 4 is 5.91 Å². The molecule has 0 aliphatic heterocycles. The van der Waals surface area contributed by atoms with E-state index >= 15 is 0 Å². The van der Waals surface area contributed by atoms with Gasteiger partial charge in [-0.25, -0.2) is 0 Å². The number of nitrogens with one attached hydrogen (secondary N) is 1. The lowest BCUT2D eigenvalue weighted by Gasteiger charge is -2.15. The van der Waals surface area contributed by atoms with Crippen LogP contribution in [0.5, 0.6) is 17.2 Å².